The van der Waals surface area contributed by atoms with Gasteiger partial charge in [0.2, 0.25) is 0 Å². The molecular formula is C26H27N3O8. The Labute approximate surface area is 212 Å². The minimum Gasteiger partial charge on any atom is -0.508 e. The van der Waals surface area contributed by atoms with Crippen molar-refractivity contribution < 1.29 is 33.9 Å². The number of phenolic OH excluding ortho intramolecular Hbond substituents is 1. The number of amides is 1. The topological polar surface area (TPSA) is 157 Å². The van der Waals surface area contributed by atoms with Crippen LogP contribution in [0.1, 0.15) is 30.9 Å². The number of esters is 2. The second-order valence-electron chi connectivity index (χ2n) is 8.40. The minimum absolute atomic E-state index is 0.0498. The van der Waals surface area contributed by atoms with Crippen molar-refractivity contribution in [2.24, 2.45) is 0 Å². The first-order valence-electron chi connectivity index (χ1n) is 11.2. The molecule has 1 heterocycles. The van der Waals surface area contributed by atoms with Crippen molar-refractivity contribution in [3.8, 4) is 5.75 Å². The maximum atomic E-state index is 13.7. The number of benzene rings is 2. The van der Waals surface area contributed by atoms with Crippen molar-refractivity contribution in [1.82, 2.24) is 10.6 Å². The number of carbonyl (C=O) groups excluding carboxylic acids is 3. The van der Waals surface area contributed by atoms with Crippen LogP contribution in [0.4, 0.5) is 5.69 Å². The Morgan fingerprint density at radius 3 is 2.30 bits per heavy atom. The molecular weight excluding hydrogens is 482 g/mol. The Morgan fingerprint density at radius 1 is 1.05 bits per heavy atom. The summed E-state index contributed by atoms with van der Waals surface area (Å²) in [5.41, 5.74) is 1.78. The van der Waals surface area contributed by atoms with Crippen LogP contribution in [0.25, 0.3) is 0 Å². The maximum absolute atomic E-state index is 13.7. The summed E-state index contributed by atoms with van der Waals surface area (Å²) in [5, 5.41) is 26.6. The van der Waals surface area contributed by atoms with Crippen LogP contribution < -0.4 is 10.6 Å². The van der Waals surface area contributed by atoms with Crippen molar-refractivity contribution in [3.63, 3.8) is 0 Å². The van der Waals surface area contributed by atoms with Gasteiger partial charge in [-0.25, -0.2) is 9.59 Å². The van der Waals surface area contributed by atoms with E-state index in [2.05, 4.69) is 10.6 Å². The SMILES string of the molecule is COC(=O)C1=C(C)NC(C)=C(C(=O)N[C@@H](Cc2ccc(O)cc2)C(=O)OC)[C@@H]1c1cccc([N+](=O)[O-])c1. The Kier molecular flexibility index (Phi) is 8.28. The molecule has 2 aromatic carbocycles. The number of nitrogens with one attached hydrogen (secondary N) is 2. The number of methoxy groups -OCH3 is 2. The van der Waals surface area contributed by atoms with E-state index in [1.165, 1.54) is 44.6 Å². The first-order valence-corrected chi connectivity index (χ1v) is 11.2. The van der Waals surface area contributed by atoms with E-state index in [9.17, 15) is 29.6 Å². The molecule has 0 radical (unpaired) electrons. The van der Waals surface area contributed by atoms with Gasteiger partial charge >= 0.3 is 11.9 Å². The van der Waals surface area contributed by atoms with Gasteiger partial charge in [-0.2, -0.15) is 0 Å². The first-order chi connectivity index (χ1) is 17.6. The number of hydrogen-bond acceptors (Lipinski definition) is 9. The highest BCUT2D eigenvalue weighted by Crippen LogP contribution is 2.39. The average molecular weight is 510 g/mol. The summed E-state index contributed by atoms with van der Waals surface area (Å²) in [7, 11) is 2.39. The molecule has 0 aromatic heterocycles. The molecule has 0 spiro atoms. The van der Waals surface area contributed by atoms with E-state index in [1.807, 2.05) is 0 Å². The number of allylic oxidation sites excluding steroid dienone is 2. The molecule has 2 atom stereocenters. The van der Waals surface area contributed by atoms with Crippen LogP contribution in [-0.2, 0) is 30.3 Å². The van der Waals surface area contributed by atoms with Crippen molar-refractivity contribution >= 4 is 23.5 Å². The highest BCUT2D eigenvalue weighted by molar-refractivity contribution is 6.03. The predicted molar refractivity (Wildman–Crippen MR) is 132 cm³/mol. The van der Waals surface area contributed by atoms with E-state index in [4.69, 9.17) is 9.47 Å². The number of dihydropyridines is 1. The van der Waals surface area contributed by atoms with Crippen molar-refractivity contribution in [2.75, 3.05) is 14.2 Å². The zero-order valence-electron chi connectivity index (χ0n) is 20.7. The summed E-state index contributed by atoms with van der Waals surface area (Å²) in [6, 6.07) is 10.7. The third-order valence-corrected chi connectivity index (χ3v) is 5.99. The summed E-state index contributed by atoms with van der Waals surface area (Å²) < 4.78 is 9.84. The molecule has 0 fully saturated rings. The Morgan fingerprint density at radius 2 is 1.70 bits per heavy atom. The largest absolute Gasteiger partial charge is 0.508 e. The van der Waals surface area contributed by atoms with Crippen LogP contribution in [0.15, 0.2) is 71.1 Å². The van der Waals surface area contributed by atoms with Gasteiger partial charge in [-0.15, -0.1) is 0 Å². The van der Waals surface area contributed by atoms with Gasteiger partial charge in [0.05, 0.1) is 30.6 Å². The zero-order chi connectivity index (χ0) is 27.3. The molecule has 11 heteroatoms. The number of ether oxygens (including phenoxy) is 2. The molecule has 2 aromatic rings. The second-order valence-corrected chi connectivity index (χ2v) is 8.40. The quantitative estimate of drug-likeness (QED) is 0.276. The molecule has 11 nitrogen and oxygen atoms in total. The molecule has 3 N–H and O–H groups in total. The summed E-state index contributed by atoms with van der Waals surface area (Å²) in [6.07, 6.45) is 0.0681. The molecule has 0 unspecified atom stereocenters. The lowest BCUT2D eigenvalue weighted by molar-refractivity contribution is -0.384. The molecule has 0 bridgehead atoms. The Balaban J connectivity index is 2.06. The zero-order valence-corrected chi connectivity index (χ0v) is 20.7. The number of carbonyl (C=O) groups is 3. The van der Waals surface area contributed by atoms with Gasteiger partial charge in [0, 0.05) is 35.5 Å². The fraction of sp³-hybridized carbons (Fsp3) is 0.269. The number of non-ortho nitro benzene ring substituents is 1. The van der Waals surface area contributed by atoms with Crippen molar-refractivity contribution in [1.29, 1.82) is 0 Å². The van der Waals surface area contributed by atoms with Gasteiger partial charge in [-0.05, 0) is 37.1 Å². The summed E-state index contributed by atoms with van der Waals surface area (Å²) >= 11 is 0. The summed E-state index contributed by atoms with van der Waals surface area (Å²) in [4.78, 5) is 49.9. The van der Waals surface area contributed by atoms with Crippen LogP contribution in [0.3, 0.4) is 0 Å². The number of nitro benzene ring substituents is 1. The molecule has 3 rings (SSSR count). The molecule has 1 aliphatic rings. The lowest BCUT2D eigenvalue weighted by Crippen LogP contribution is -2.46. The molecule has 0 saturated carbocycles. The highest BCUT2D eigenvalue weighted by Gasteiger charge is 2.38. The number of nitro groups is 1. The number of hydrogen-bond donors (Lipinski definition) is 3. The summed E-state index contributed by atoms with van der Waals surface area (Å²) in [6.45, 7) is 3.26. The normalized spacial score (nSPS) is 15.9. The predicted octanol–water partition coefficient (Wildman–Crippen LogP) is 2.61. The average Bonchev–Trinajstić information content (AvgIpc) is 2.88. The van der Waals surface area contributed by atoms with Crippen molar-refractivity contribution in [3.05, 3.63) is 92.3 Å². The lowest BCUT2D eigenvalue weighted by Gasteiger charge is -2.31. The van der Waals surface area contributed by atoms with Crippen LogP contribution in [0.2, 0.25) is 0 Å². The first kappa shape index (κ1) is 26.9. The molecule has 1 amide bonds. The van der Waals surface area contributed by atoms with Crippen molar-refractivity contribution in [2.45, 2.75) is 32.2 Å². The Hall–Kier alpha value is -4.67. The monoisotopic (exact) mass is 509 g/mol. The second kappa shape index (κ2) is 11.4. The highest BCUT2D eigenvalue weighted by atomic mass is 16.6. The van der Waals surface area contributed by atoms with Gasteiger partial charge < -0.3 is 25.2 Å². The number of aromatic hydroxyl groups is 1. The Bertz CT molecular complexity index is 1300. The van der Waals surface area contributed by atoms with Gasteiger partial charge in [0.25, 0.3) is 11.6 Å². The smallest absolute Gasteiger partial charge is 0.336 e. The number of rotatable bonds is 8. The fourth-order valence-electron chi connectivity index (χ4n) is 4.27. The maximum Gasteiger partial charge on any atom is 0.336 e. The number of phenols is 1. The van der Waals surface area contributed by atoms with E-state index >= 15 is 0 Å². The van der Waals surface area contributed by atoms with Crippen LogP contribution in [0, 0.1) is 10.1 Å². The lowest BCUT2D eigenvalue weighted by atomic mass is 9.79. The standard InChI is InChI=1S/C26H27N3O8/c1-14-21(24(31)28-20(25(32)36-3)12-16-8-10-19(30)11-9-16)23(22(15(2)27-14)26(33)37-4)17-6-5-7-18(13-17)29(34)35/h5-11,13,20,23,27,30H,12H2,1-4H3,(H,28,31)/t20-,23-/m0/s1. The third kappa shape index (κ3) is 5.95. The number of nitrogens with zero attached hydrogens (tertiary/aromatic N) is 1. The van der Waals surface area contributed by atoms with Crippen LogP contribution in [-0.4, -0.2) is 48.1 Å². The molecule has 0 aliphatic carbocycles. The van der Waals surface area contributed by atoms with E-state index in [0.29, 0.717) is 22.5 Å². The molecule has 1 aliphatic heterocycles. The summed E-state index contributed by atoms with van der Waals surface area (Å²) in [5.74, 6) is -3.05. The van der Waals surface area contributed by atoms with E-state index in [-0.39, 0.29) is 29.0 Å². The van der Waals surface area contributed by atoms with Crippen LogP contribution >= 0.6 is 0 Å². The van der Waals surface area contributed by atoms with Gasteiger partial charge in [0.15, 0.2) is 0 Å². The fourth-order valence-corrected chi connectivity index (χ4v) is 4.27. The molecule has 0 saturated heterocycles. The van der Waals surface area contributed by atoms with Gasteiger partial charge in [-0.1, -0.05) is 24.3 Å². The van der Waals surface area contributed by atoms with Gasteiger partial charge in [0.1, 0.15) is 11.8 Å². The van der Waals surface area contributed by atoms with Gasteiger partial charge in [-0.3, -0.25) is 14.9 Å². The minimum atomic E-state index is -1.10. The molecule has 37 heavy (non-hydrogen) atoms. The van der Waals surface area contributed by atoms with E-state index < -0.39 is 34.7 Å². The van der Waals surface area contributed by atoms with E-state index in [0.717, 1.165) is 0 Å². The van der Waals surface area contributed by atoms with Crippen LogP contribution in [0.5, 0.6) is 5.75 Å². The van der Waals surface area contributed by atoms with E-state index in [1.54, 1.807) is 32.0 Å². The third-order valence-electron chi connectivity index (χ3n) is 5.99. The molecule has 194 valence electrons.